The highest BCUT2D eigenvalue weighted by Crippen LogP contribution is 2.14. The summed E-state index contributed by atoms with van der Waals surface area (Å²) in [5, 5.41) is 5.16. The number of hydrogen-bond acceptors (Lipinski definition) is 5. The van der Waals surface area contributed by atoms with Crippen LogP contribution < -0.4 is 10.6 Å². The number of carbonyl (C=O) groups is 3. The first-order valence-electron chi connectivity index (χ1n) is 6.82. The van der Waals surface area contributed by atoms with Crippen LogP contribution in [-0.2, 0) is 9.53 Å². The maximum absolute atomic E-state index is 11.9. The van der Waals surface area contributed by atoms with E-state index >= 15 is 0 Å². The van der Waals surface area contributed by atoms with Gasteiger partial charge >= 0.3 is 5.97 Å². The standard InChI is InChI=1S/C16H16N2O4S/c1-10-6-7-13(23-10)15(20)17-9-14(19)18-12-5-3-4-11(8-12)16(21)22-2/h3-8H,9H2,1-2H3,(H,17,20)(H,18,19). The Kier molecular flexibility index (Phi) is 5.48. The van der Waals surface area contributed by atoms with Crippen molar-refractivity contribution >= 4 is 34.8 Å². The molecule has 0 saturated carbocycles. The molecule has 1 aromatic carbocycles. The van der Waals surface area contributed by atoms with Crippen LogP contribution in [0.2, 0.25) is 0 Å². The molecule has 0 spiro atoms. The minimum absolute atomic E-state index is 0.155. The highest BCUT2D eigenvalue weighted by Gasteiger charge is 2.11. The van der Waals surface area contributed by atoms with E-state index in [2.05, 4.69) is 15.4 Å². The number of benzene rings is 1. The lowest BCUT2D eigenvalue weighted by Crippen LogP contribution is -2.32. The van der Waals surface area contributed by atoms with Crippen LogP contribution in [0.5, 0.6) is 0 Å². The topological polar surface area (TPSA) is 84.5 Å². The number of amides is 2. The zero-order chi connectivity index (χ0) is 16.8. The average Bonchev–Trinajstić information content (AvgIpc) is 2.98. The van der Waals surface area contributed by atoms with Crippen LogP contribution in [0.1, 0.15) is 24.9 Å². The lowest BCUT2D eigenvalue weighted by molar-refractivity contribution is -0.115. The molecule has 23 heavy (non-hydrogen) atoms. The second kappa shape index (κ2) is 7.55. The van der Waals surface area contributed by atoms with Crippen molar-refractivity contribution in [2.75, 3.05) is 19.0 Å². The molecule has 120 valence electrons. The van der Waals surface area contributed by atoms with Crippen molar-refractivity contribution in [2.24, 2.45) is 0 Å². The Labute approximate surface area is 137 Å². The number of esters is 1. The summed E-state index contributed by atoms with van der Waals surface area (Å²) in [4.78, 5) is 36.7. The van der Waals surface area contributed by atoms with Crippen LogP contribution in [0.3, 0.4) is 0 Å². The van der Waals surface area contributed by atoms with Crippen LogP contribution in [0.4, 0.5) is 5.69 Å². The number of rotatable bonds is 5. The van der Waals surface area contributed by atoms with Gasteiger partial charge in [0.15, 0.2) is 0 Å². The predicted molar refractivity (Wildman–Crippen MR) is 87.8 cm³/mol. The number of hydrogen-bond donors (Lipinski definition) is 2. The first-order chi connectivity index (χ1) is 11.0. The monoisotopic (exact) mass is 332 g/mol. The fraction of sp³-hybridized carbons (Fsp3) is 0.188. The molecule has 0 bridgehead atoms. The van der Waals surface area contributed by atoms with Crippen molar-refractivity contribution in [3.63, 3.8) is 0 Å². The number of nitrogens with one attached hydrogen (secondary N) is 2. The van der Waals surface area contributed by atoms with Crippen LogP contribution in [0.15, 0.2) is 36.4 Å². The van der Waals surface area contributed by atoms with Gasteiger partial charge in [-0.25, -0.2) is 4.79 Å². The van der Waals surface area contributed by atoms with Crippen molar-refractivity contribution in [1.29, 1.82) is 0 Å². The third-order valence-electron chi connectivity index (χ3n) is 2.94. The first-order valence-corrected chi connectivity index (χ1v) is 7.64. The summed E-state index contributed by atoms with van der Waals surface area (Å²) in [7, 11) is 1.29. The molecule has 6 nitrogen and oxygen atoms in total. The molecular formula is C16H16N2O4S. The first kappa shape index (κ1) is 16.7. The Morgan fingerprint density at radius 1 is 1.17 bits per heavy atom. The fourth-order valence-electron chi connectivity index (χ4n) is 1.85. The predicted octanol–water partition coefficient (Wildman–Crippen LogP) is 2.21. The molecule has 0 aliphatic heterocycles. The van der Waals surface area contributed by atoms with Crippen LogP contribution in [0.25, 0.3) is 0 Å². The van der Waals surface area contributed by atoms with E-state index in [0.29, 0.717) is 16.1 Å². The molecule has 0 saturated heterocycles. The molecule has 1 heterocycles. The Bertz CT molecular complexity index is 739. The Morgan fingerprint density at radius 3 is 2.61 bits per heavy atom. The summed E-state index contributed by atoms with van der Waals surface area (Å²) in [6.45, 7) is 1.75. The van der Waals surface area contributed by atoms with Gasteiger partial charge in [-0.05, 0) is 37.3 Å². The van der Waals surface area contributed by atoms with Gasteiger partial charge in [0, 0.05) is 10.6 Å². The van der Waals surface area contributed by atoms with Crippen molar-refractivity contribution in [3.8, 4) is 0 Å². The summed E-state index contributed by atoms with van der Waals surface area (Å²) in [6, 6.07) is 9.94. The number of aryl methyl sites for hydroxylation is 1. The molecule has 0 aliphatic carbocycles. The van der Waals surface area contributed by atoms with Gasteiger partial charge in [-0.1, -0.05) is 6.07 Å². The summed E-state index contributed by atoms with van der Waals surface area (Å²) in [5.74, 6) is -1.15. The number of anilines is 1. The van der Waals surface area contributed by atoms with Crippen molar-refractivity contribution in [2.45, 2.75) is 6.92 Å². The van der Waals surface area contributed by atoms with Gasteiger partial charge in [-0.2, -0.15) is 0 Å². The Balaban J connectivity index is 1.90. The normalized spacial score (nSPS) is 10.0. The SMILES string of the molecule is COC(=O)c1cccc(NC(=O)CNC(=O)c2ccc(C)s2)c1. The van der Waals surface area contributed by atoms with E-state index in [1.807, 2.05) is 13.0 Å². The maximum Gasteiger partial charge on any atom is 0.337 e. The molecule has 2 aromatic rings. The summed E-state index contributed by atoms with van der Waals surface area (Å²) in [6.07, 6.45) is 0. The number of methoxy groups -OCH3 is 1. The minimum atomic E-state index is -0.484. The van der Waals surface area contributed by atoms with Gasteiger partial charge in [-0.15, -0.1) is 11.3 Å². The minimum Gasteiger partial charge on any atom is -0.465 e. The second-order valence-electron chi connectivity index (χ2n) is 4.71. The molecule has 0 unspecified atom stereocenters. The van der Waals surface area contributed by atoms with Gasteiger partial charge < -0.3 is 15.4 Å². The van der Waals surface area contributed by atoms with E-state index in [4.69, 9.17) is 0 Å². The third-order valence-corrected chi connectivity index (χ3v) is 3.94. The largest absolute Gasteiger partial charge is 0.465 e. The van der Waals surface area contributed by atoms with Gasteiger partial charge in [0.05, 0.1) is 24.1 Å². The van der Waals surface area contributed by atoms with Crippen molar-refractivity contribution < 1.29 is 19.1 Å². The van der Waals surface area contributed by atoms with Crippen molar-refractivity contribution in [1.82, 2.24) is 5.32 Å². The van der Waals surface area contributed by atoms with E-state index in [0.717, 1.165) is 4.88 Å². The molecule has 0 radical (unpaired) electrons. The number of thiophene rings is 1. The van der Waals surface area contributed by atoms with Crippen LogP contribution >= 0.6 is 11.3 Å². The summed E-state index contributed by atoms with van der Waals surface area (Å²) >= 11 is 1.36. The Hall–Kier alpha value is -2.67. The molecular weight excluding hydrogens is 316 g/mol. The highest BCUT2D eigenvalue weighted by molar-refractivity contribution is 7.13. The van der Waals surface area contributed by atoms with E-state index in [9.17, 15) is 14.4 Å². The maximum atomic E-state index is 11.9. The van der Waals surface area contributed by atoms with Crippen LogP contribution in [0, 0.1) is 6.92 Å². The highest BCUT2D eigenvalue weighted by atomic mass is 32.1. The molecule has 0 aliphatic rings. The second-order valence-corrected chi connectivity index (χ2v) is 6.00. The van der Waals surface area contributed by atoms with Gasteiger partial charge in [0.25, 0.3) is 5.91 Å². The average molecular weight is 332 g/mol. The van der Waals surface area contributed by atoms with E-state index in [-0.39, 0.29) is 18.4 Å². The molecule has 2 amide bonds. The zero-order valence-electron chi connectivity index (χ0n) is 12.7. The van der Waals surface area contributed by atoms with Crippen molar-refractivity contribution in [3.05, 3.63) is 51.7 Å². The zero-order valence-corrected chi connectivity index (χ0v) is 13.5. The third kappa shape index (κ3) is 4.65. The lowest BCUT2D eigenvalue weighted by atomic mass is 10.2. The molecule has 2 rings (SSSR count). The molecule has 7 heteroatoms. The quantitative estimate of drug-likeness (QED) is 0.822. The molecule has 1 aromatic heterocycles. The Morgan fingerprint density at radius 2 is 1.96 bits per heavy atom. The van der Waals surface area contributed by atoms with Gasteiger partial charge in [-0.3, -0.25) is 9.59 Å². The van der Waals surface area contributed by atoms with E-state index in [1.54, 1.807) is 24.3 Å². The lowest BCUT2D eigenvalue weighted by Gasteiger charge is -2.07. The molecule has 0 fully saturated rings. The number of carbonyl (C=O) groups excluding carboxylic acids is 3. The van der Waals surface area contributed by atoms with Gasteiger partial charge in [0.1, 0.15) is 0 Å². The summed E-state index contributed by atoms with van der Waals surface area (Å²) in [5.41, 5.74) is 0.794. The molecule has 2 N–H and O–H groups in total. The van der Waals surface area contributed by atoms with Gasteiger partial charge in [0.2, 0.25) is 5.91 Å². The van der Waals surface area contributed by atoms with E-state index in [1.165, 1.54) is 24.5 Å². The smallest absolute Gasteiger partial charge is 0.337 e. The van der Waals surface area contributed by atoms with Crippen LogP contribution in [-0.4, -0.2) is 31.4 Å². The number of ether oxygens (including phenoxy) is 1. The molecule has 0 atom stereocenters. The fourth-order valence-corrected chi connectivity index (χ4v) is 2.64. The van der Waals surface area contributed by atoms with E-state index < -0.39 is 5.97 Å². The summed E-state index contributed by atoms with van der Waals surface area (Å²) < 4.78 is 4.62.